The summed E-state index contributed by atoms with van der Waals surface area (Å²) in [7, 11) is -2.56. The Morgan fingerprint density at radius 1 is 0.667 bits per heavy atom. The molecule has 0 bridgehead atoms. The number of hydrogen-bond acceptors (Lipinski definition) is 0. The summed E-state index contributed by atoms with van der Waals surface area (Å²) in [6.07, 6.45) is -4.56. The van der Waals surface area contributed by atoms with Crippen molar-refractivity contribution in [2.24, 2.45) is 0 Å². The van der Waals surface area contributed by atoms with E-state index in [1.165, 1.54) is 0 Å². The standard InChI is InChI=1S/C26H19ClF4P.BrH/c27-24-17-20(26(29,30)31)16-19(25(24)28)18-32(21-10-4-1-5-11-21,22-12-6-2-7-13-22)23-14-8-3-9-15-23;/h1-17H,18H2;1H/q+1;/p-1. The van der Waals surface area contributed by atoms with Gasteiger partial charge < -0.3 is 17.0 Å². The molecule has 0 saturated carbocycles. The van der Waals surface area contributed by atoms with Crippen LogP contribution in [0, 0.1) is 5.82 Å². The van der Waals surface area contributed by atoms with Gasteiger partial charge >= 0.3 is 6.18 Å². The largest absolute Gasteiger partial charge is 1.00 e. The molecule has 0 spiro atoms. The zero-order valence-electron chi connectivity index (χ0n) is 17.2. The van der Waals surface area contributed by atoms with Crippen molar-refractivity contribution in [3.8, 4) is 0 Å². The molecule has 4 rings (SSSR count). The van der Waals surface area contributed by atoms with Gasteiger partial charge in [0.1, 0.15) is 35.2 Å². The zero-order valence-corrected chi connectivity index (χ0v) is 20.5. The molecule has 0 aliphatic heterocycles. The third kappa shape index (κ3) is 5.16. The van der Waals surface area contributed by atoms with Gasteiger partial charge in [0, 0.05) is 5.56 Å². The van der Waals surface area contributed by atoms with Crippen molar-refractivity contribution < 1.29 is 34.5 Å². The lowest BCUT2D eigenvalue weighted by molar-refractivity contribution is -0.137. The molecule has 0 saturated heterocycles. The second kappa shape index (κ2) is 10.4. The molecule has 0 radical (unpaired) electrons. The van der Waals surface area contributed by atoms with Gasteiger partial charge in [-0.1, -0.05) is 66.2 Å². The highest BCUT2D eigenvalue weighted by Gasteiger charge is 2.46. The van der Waals surface area contributed by atoms with Crippen molar-refractivity contribution in [3.63, 3.8) is 0 Å². The van der Waals surface area contributed by atoms with E-state index in [4.69, 9.17) is 11.6 Å². The average molecular weight is 554 g/mol. The molecule has 0 fully saturated rings. The summed E-state index contributed by atoms with van der Waals surface area (Å²) in [5, 5.41) is 2.32. The van der Waals surface area contributed by atoms with E-state index in [-0.39, 0.29) is 28.7 Å². The Morgan fingerprint density at radius 2 is 1.06 bits per heavy atom. The first kappa shape index (κ1) is 25.4. The minimum Gasteiger partial charge on any atom is -1.00 e. The van der Waals surface area contributed by atoms with E-state index >= 15 is 4.39 Å². The molecule has 0 unspecified atom stereocenters. The number of halogens is 6. The van der Waals surface area contributed by atoms with Crippen LogP contribution in [0.25, 0.3) is 0 Å². The Kier molecular flexibility index (Phi) is 8.00. The highest BCUT2D eigenvalue weighted by atomic mass is 79.9. The Bertz CT molecular complexity index is 1100. The van der Waals surface area contributed by atoms with E-state index in [1.807, 2.05) is 91.0 Å². The molecule has 0 amide bonds. The maximum atomic E-state index is 15.2. The molecule has 0 atom stereocenters. The minimum atomic E-state index is -4.63. The van der Waals surface area contributed by atoms with Crippen LogP contribution in [0.3, 0.4) is 0 Å². The van der Waals surface area contributed by atoms with Crippen molar-refractivity contribution in [1.82, 2.24) is 0 Å². The molecule has 170 valence electrons. The Hall–Kier alpha value is -2.20. The number of alkyl halides is 3. The van der Waals surface area contributed by atoms with Gasteiger partial charge in [-0.25, -0.2) is 4.39 Å². The van der Waals surface area contributed by atoms with Crippen LogP contribution in [0.2, 0.25) is 5.02 Å². The number of benzene rings is 4. The average Bonchev–Trinajstić information content (AvgIpc) is 2.81. The van der Waals surface area contributed by atoms with Gasteiger partial charge in [0.2, 0.25) is 0 Å². The maximum absolute atomic E-state index is 15.2. The highest BCUT2D eigenvalue weighted by Crippen LogP contribution is 2.58. The number of hydrogen-bond donors (Lipinski definition) is 0. The summed E-state index contributed by atoms with van der Waals surface area (Å²) in [5.41, 5.74) is -0.999. The first-order chi connectivity index (χ1) is 15.3. The zero-order chi connectivity index (χ0) is 22.8. The predicted octanol–water partition coefficient (Wildman–Crippen LogP) is 4.00. The Balaban J connectivity index is 0.00000306. The third-order valence-electron chi connectivity index (χ3n) is 5.43. The minimum absolute atomic E-state index is 0. The van der Waals surface area contributed by atoms with Crippen LogP contribution in [-0.4, -0.2) is 0 Å². The summed E-state index contributed by atoms with van der Waals surface area (Å²) in [5.74, 6) is -0.813. The van der Waals surface area contributed by atoms with E-state index in [9.17, 15) is 13.2 Å². The lowest BCUT2D eigenvalue weighted by atomic mass is 10.1. The molecule has 0 aliphatic rings. The first-order valence-corrected chi connectivity index (χ1v) is 12.3. The fourth-order valence-electron chi connectivity index (χ4n) is 3.95. The van der Waals surface area contributed by atoms with Crippen LogP contribution >= 0.6 is 18.9 Å². The molecule has 33 heavy (non-hydrogen) atoms. The van der Waals surface area contributed by atoms with Crippen molar-refractivity contribution in [2.75, 3.05) is 0 Å². The van der Waals surface area contributed by atoms with Crippen LogP contribution in [0.15, 0.2) is 103 Å². The number of rotatable bonds is 5. The normalized spacial score (nSPS) is 11.7. The van der Waals surface area contributed by atoms with Crippen molar-refractivity contribution in [2.45, 2.75) is 12.3 Å². The quantitative estimate of drug-likeness (QED) is 0.259. The lowest BCUT2D eigenvalue weighted by Crippen LogP contribution is -3.00. The topological polar surface area (TPSA) is 0 Å². The van der Waals surface area contributed by atoms with Gasteiger partial charge in [-0.3, -0.25) is 0 Å². The van der Waals surface area contributed by atoms with Crippen LogP contribution in [0.1, 0.15) is 11.1 Å². The van der Waals surface area contributed by atoms with Gasteiger partial charge in [0.05, 0.1) is 10.6 Å². The second-order valence-electron chi connectivity index (χ2n) is 7.40. The molecule has 0 aliphatic carbocycles. The van der Waals surface area contributed by atoms with Gasteiger partial charge in [-0.05, 0) is 48.5 Å². The Morgan fingerprint density at radius 3 is 1.42 bits per heavy atom. The van der Waals surface area contributed by atoms with E-state index in [0.29, 0.717) is 6.07 Å². The van der Waals surface area contributed by atoms with Crippen LogP contribution in [-0.2, 0) is 12.3 Å². The first-order valence-electron chi connectivity index (χ1n) is 9.92. The van der Waals surface area contributed by atoms with Gasteiger partial charge in [-0.2, -0.15) is 13.2 Å². The molecule has 0 aromatic heterocycles. The summed E-state index contributed by atoms with van der Waals surface area (Å²) in [4.78, 5) is 0. The van der Waals surface area contributed by atoms with Gasteiger partial charge in [0.25, 0.3) is 0 Å². The molecule has 0 N–H and O–H groups in total. The van der Waals surface area contributed by atoms with Crippen LogP contribution in [0.5, 0.6) is 0 Å². The fraction of sp³-hybridized carbons (Fsp3) is 0.0769. The summed E-state index contributed by atoms with van der Waals surface area (Å²) < 4.78 is 55.7. The van der Waals surface area contributed by atoms with E-state index in [1.54, 1.807) is 0 Å². The molecule has 7 heteroatoms. The molecular formula is C26H19BrClF4P. The van der Waals surface area contributed by atoms with Gasteiger partial charge in [-0.15, -0.1) is 0 Å². The molecular weight excluding hydrogens is 535 g/mol. The molecule has 0 nitrogen and oxygen atoms in total. The van der Waals surface area contributed by atoms with Crippen molar-refractivity contribution >= 4 is 34.8 Å². The van der Waals surface area contributed by atoms with E-state index < -0.39 is 29.8 Å². The van der Waals surface area contributed by atoms with E-state index in [0.717, 1.165) is 22.0 Å². The summed E-state index contributed by atoms with van der Waals surface area (Å²) >= 11 is 5.93. The smallest absolute Gasteiger partial charge is 0.416 e. The second-order valence-corrected chi connectivity index (χ2v) is 11.3. The van der Waals surface area contributed by atoms with Crippen molar-refractivity contribution in [3.05, 3.63) is 125 Å². The molecule has 4 aromatic carbocycles. The molecule has 4 aromatic rings. The Labute approximate surface area is 206 Å². The lowest BCUT2D eigenvalue weighted by Gasteiger charge is -2.28. The van der Waals surface area contributed by atoms with Crippen LogP contribution < -0.4 is 32.9 Å². The highest BCUT2D eigenvalue weighted by molar-refractivity contribution is 7.95. The van der Waals surface area contributed by atoms with Gasteiger partial charge in [0.15, 0.2) is 0 Å². The van der Waals surface area contributed by atoms with Crippen molar-refractivity contribution in [1.29, 1.82) is 0 Å². The van der Waals surface area contributed by atoms with E-state index in [2.05, 4.69) is 0 Å². The summed E-state index contributed by atoms with van der Waals surface area (Å²) in [6.45, 7) is 0. The SMILES string of the molecule is Fc1c(Cl)cc(C(F)(F)F)cc1C[P+](c1ccccc1)(c1ccccc1)c1ccccc1.[Br-]. The molecule has 0 heterocycles. The maximum Gasteiger partial charge on any atom is 0.416 e. The fourth-order valence-corrected chi connectivity index (χ4v) is 8.41. The predicted molar refractivity (Wildman–Crippen MR) is 125 cm³/mol. The monoisotopic (exact) mass is 552 g/mol. The third-order valence-corrected chi connectivity index (χ3v) is 10.1. The van der Waals surface area contributed by atoms with Crippen LogP contribution in [0.4, 0.5) is 17.6 Å². The summed E-state index contributed by atoms with van der Waals surface area (Å²) in [6, 6.07) is 30.3.